The Morgan fingerprint density at radius 2 is 1.86 bits per heavy atom. The zero-order chi connectivity index (χ0) is 25.0. The molecule has 1 saturated heterocycles. The van der Waals surface area contributed by atoms with E-state index in [9.17, 15) is 13.2 Å². The van der Waals surface area contributed by atoms with Gasteiger partial charge in [0, 0.05) is 23.0 Å². The molecule has 2 aliphatic heterocycles. The van der Waals surface area contributed by atoms with Crippen LogP contribution in [0.4, 0.5) is 5.69 Å². The molecule has 2 atom stereocenters. The van der Waals surface area contributed by atoms with Crippen molar-refractivity contribution in [1.82, 2.24) is 5.32 Å². The molecular formula is C25H31N3O5S2. The van der Waals surface area contributed by atoms with Crippen LogP contribution < -0.4 is 20.1 Å². The molecule has 188 valence electrons. The molecule has 4 rings (SSSR count). The first-order valence-electron chi connectivity index (χ1n) is 11.8. The quantitative estimate of drug-likeness (QED) is 0.525. The van der Waals surface area contributed by atoms with Gasteiger partial charge in [0.1, 0.15) is 0 Å². The average Bonchev–Trinajstić information content (AvgIpc) is 3.29. The van der Waals surface area contributed by atoms with Crippen LogP contribution in [0.2, 0.25) is 0 Å². The van der Waals surface area contributed by atoms with Crippen LogP contribution in [0.5, 0.6) is 11.5 Å². The largest absolute Gasteiger partial charge is 0.490 e. The minimum Gasteiger partial charge on any atom is -0.490 e. The Labute approximate surface area is 210 Å². The second kappa shape index (κ2) is 10.9. The first-order chi connectivity index (χ1) is 16.8. The van der Waals surface area contributed by atoms with Gasteiger partial charge in [0.05, 0.1) is 30.8 Å². The lowest BCUT2D eigenvalue weighted by Crippen LogP contribution is -2.26. The number of benzene rings is 2. The summed E-state index contributed by atoms with van der Waals surface area (Å²) < 4.78 is 34.9. The number of amidine groups is 1. The van der Waals surface area contributed by atoms with E-state index in [1.54, 1.807) is 6.07 Å². The maximum absolute atomic E-state index is 12.8. The van der Waals surface area contributed by atoms with Crippen LogP contribution in [0.1, 0.15) is 35.3 Å². The minimum atomic E-state index is -2.99. The summed E-state index contributed by atoms with van der Waals surface area (Å²) in [6.07, 6.45) is 0.661. The van der Waals surface area contributed by atoms with Gasteiger partial charge in [-0.1, -0.05) is 23.9 Å². The van der Waals surface area contributed by atoms with Crippen LogP contribution in [-0.2, 0) is 16.3 Å². The molecule has 0 saturated carbocycles. The van der Waals surface area contributed by atoms with E-state index in [0.717, 1.165) is 22.6 Å². The zero-order valence-corrected chi connectivity index (χ0v) is 21.8. The van der Waals surface area contributed by atoms with E-state index < -0.39 is 9.84 Å². The van der Waals surface area contributed by atoms with Gasteiger partial charge in [-0.25, -0.2) is 8.42 Å². The highest BCUT2D eigenvalue weighted by atomic mass is 32.2. The second-order valence-corrected chi connectivity index (χ2v) is 11.9. The second-order valence-electron chi connectivity index (χ2n) is 8.54. The number of nitrogens with one attached hydrogen (secondary N) is 2. The maximum atomic E-state index is 12.8. The fourth-order valence-electron chi connectivity index (χ4n) is 4.10. The molecule has 2 aliphatic rings. The van der Waals surface area contributed by atoms with Gasteiger partial charge in [0.25, 0.3) is 5.91 Å². The summed E-state index contributed by atoms with van der Waals surface area (Å²) in [6.45, 7) is 7.42. The first kappa shape index (κ1) is 25.4. The van der Waals surface area contributed by atoms with Crippen molar-refractivity contribution in [1.29, 1.82) is 0 Å². The Hall–Kier alpha value is -2.72. The third-order valence-corrected chi connectivity index (χ3v) is 9.01. The summed E-state index contributed by atoms with van der Waals surface area (Å²) in [5.74, 6) is 1.54. The molecule has 0 unspecified atom stereocenters. The third kappa shape index (κ3) is 6.29. The molecule has 2 N–H and O–H groups in total. The van der Waals surface area contributed by atoms with E-state index in [1.807, 2.05) is 51.1 Å². The number of anilines is 1. The number of ether oxygens (including phenoxy) is 2. The zero-order valence-electron chi connectivity index (χ0n) is 20.2. The average molecular weight is 518 g/mol. The lowest BCUT2D eigenvalue weighted by Gasteiger charge is -2.13. The molecule has 0 spiro atoms. The standard InChI is InChI=1S/C25H31N3O5S2/c1-4-32-21-9-7-17(12-22(21)33-5-2)10-11-26-24(29)18-8-6-16(3)19(13-18)27-25-28-20-14-35(30,31)15-23(20)34-25/h6-9,12-13,20,23H,4-5,10-11,14-15H2,1-3H3,(H,26,29)(H,27,28)/t20-,23+/m1/s1. The fraction of sp³-hybridized carbons (Fsp3) is 0.440. The predicted octanol–water partition coefficient (Wildman–Crippen LogP) is 3.45. The molecule has 0 radical (unpaired) electrons. The van der Waals surface area contributed by atoms with Crippen molar-refractivity contribution in [3.05, 3.63) is 53.1 Å². The number of aliphatic imine (C=N–C) groups is 1. The SMILES string of the molecule is CCOc1ccc(CCNC(=O)c2ccc(C)c(NC3=N[C@@H]4CS(=O)(=O)C[C@@H]4S3)c2)cc1OCC. The molecule has 10 heteroatoms. The molecule has 2 heterocycles. The van der Waals surface area contributed by atoms with E-state index in [4.69, 9.17) is 9.47 Å². The third-order valence-electron chi connectivity index (χ3n) is 5.87. The van der Waals surface area contributed by atoms with Crippen molar-refractivity contribution in [3.63, 3.8) is 0 Å². The summed E-state index contributed by atoms with van der Waals surface area (Å²) in [4.78, 5) is 17.3. The smallest absolute Gasteiger partial charge is 0.251 e. The van der Waals surface area contributed by atoms with Crippen molar-refractivity contribution in [2.45, 2.75) is 38.5 Å². The van der Waals surface area contributed by atoms with Gasteiger partial charge < -0.3 is 20.1 Å². The normalized spacial score (nSPS) is 20.1. The number of fused-ring (bicyclic) bond motifs is 1. The van der Waals surface area contributed by atoms with Crippen molar-refractivity contribution < 1.29 is 22.7 Å². The van der Waals surface area contributed by atoms with Crippen molar-refractivity contribution >= 4 is 38.4 Å². The summed E-state index contributed by atoms with van der Waals surface area (Å²) in [6, 6.07) is 11.1. The highest BCUT2D eigenvalue weighted by Crippen LogP contribution is 2.35. The molecular weight excluding hydrogens is 486 g/mol. The van der Waals surface area contributed by atoms with Gasteiger partial charge in [-0.15, -0.1) is 0 Å². The summed E-state index contributed by atoms with van der Waals surface area (Å²) in [5, 5.41) is 6.95. The van der Waals surface area contributed by atoms with Crippen LogP contribution >= 0.6 is 11.8 Å². The van der Waals surface area contributed by atoms with E-state index in [-0.39, 0.29) is 28.7 Å². The summed E-state index contributed by atoms with van der Waals surface area (Å²) in [5.41, 5.74) is 3.37. The number of carbonyl (C=O) groups is 1. The highest BCUT2D eigenvalue weighted by Gasteiger charge is 2.42. The lowest BCUT2D eigenvalue weighted by atomic mass is 10.1. The molecule has 1 amide bonds. The summed E-state index contributed by atoms with van der Waals surface area (Å²) >= 11 is 1.46. The first-order valence-corrected chi connectivity index (χ1v) is 14.5. The van der Waals surface area contributed by atoms with Crippen LogP contribution in [0.25, 0.3) is 0 Å². The van der Waals surface area contributed by atoms with Crippen LogP contribution in [-0.4, -0.2) is 62.0 Å². The van der Waals surface area contributed by atoms with Crippen LogP contribution in [0.15, 0.2) is 41.4 Å². The molecule has 8 nitrogen and oxygen atoms in total. The number of sulfone groups is 1. The van der Waals surface area contributed by atoms with Crippen molar-refractivity contribution in [2.75, 3.05) is 36.6 Å². The topological polar surface area (TPSA) is 106 Å². The molecule has 1 fully saturated rings. The summed E-state index contributed by atoms with van der Waals surface area (Å²) in [7, 11) is -2.99. The van der Waals surface area contributed by atoms with E-state index in [1.165, 1.54) is 11.8 Å². The molecule has 35 heavy (non-hydrogen) atoms. The number of aryl methyl sites for hydroxylation is 1. The number of carbonyl (C=O) groups excluding carboxylic acids is 1. The predicted molar refractivity (Wildman–Crippen MR) is 141 cm³/mol. The number of hydrogen-bond donors (Lipinski definition) is 2. The number of rotatable bonds is 9. The Morgan fingerprint density at radius 3 is 2.60 bits per heavy atom. The van der Waals surface area contributed by atoms with Gasteiger partial charge in [-0.05, 0) is 62.6 Å². The van der Waals surface area contributed by atoms with E-state index >= 15 is 0 Å². The molecule has 0 aliphatic carbocycles. The van der Waals surface area contributed by atoms with Gasteiger partial charge in [-0.2, -0.15) is 0 Å². The Balaban J connectivity index is 1.35. The molecule has 0 aromatic heterocycles. The fourth-order valence-corrected chi connectivity index (χ4v) is 7.77. The van der Waals surface area contributed by atoms with Gasteiger partial charge in [0.15, 0.2) is 26.5 Å². The number of thioether (sulfide) groups is 1. The highest BCUT2D eigenvalue weighted by molar-refractivity contribution is 8.15. The monoisotopic (exact) mass is 517 g/mol. The molecule has 0 bridgehead atoms. The molecule has 2 aromatic carbocycles. The van der Waals surface area contributed by atoms with Gasteiger partial charge in [-0.3, -0.25) is 9.79 Å². The Bertz CT molecular complexity index is 1230. The van der Waals surface area contributed by atoms with Crippen LogP contribution in [0, 0.1) is 6.92 Å². The van der Waals surface area contributed by atoms with Gasteiger partial charge in [0.2, 0.25) is 0 Å². The minimum absolute atomic E-state index is 0.0277. The number of amides is 1. The van der Waals surface area contributed by atoms with Crippen LogP contribution in [0.3, 0.4) is 0 Å². The lowest BCUT2D eigenvalue weighted by molar-refractivity contribution is 0.0954. The van der Waals surface area contributed by atoms with Crippen molar-refractivity contribution in [2.24, 2.45) is 4.99 Å². The van der Waals surface area contributed by atoms with E-state index in [2.05, 4.69) is 15.6 Å². The van der Waals surface area contributed by atoms with Gasteiger partial charge >= 0.3 is 0 Å². The number of nitrogens with zero attached hydrogens (tertiary/aromatic N) is 1. The Morgan fingerprint density at radius 1 is 1.09 bits per heavy atom. The van der Waals surface area contributed by atoms with E-state index in [0.29, 0.717) is 42.7 Å². The van der Waals surface area contributed by atoms with Crippen molar-refractivity contribution in [3.8, 4) is 11.5 Å². The maximum Gasteiger partial charge on any atom is 0.251 e. The molecule has 2 aromatic rings. The Kier molecular flexibility index (Phi) is 7.91. The number of hydrogen-bond acceptors (Lipinski definition) is 8.